The fraction of sp³-hybridized carbons (Fsp3) is 0.409. The Morgan fingerprint density at radius 2 is 1.67 bits per heavy atom. The van der Waals surface area contributed by atoms with Gasteiger partial charge in [0.1, 0.15) is 0 Å². The standard InChI is InChI=1S/C22H26N2O4S2/c25-22(23-20-7-3-4-8-21(20)29-18-5-1-2-6-18)17-9-11-19(12-10-17)30(26,27)24-13-15-28-16-14-24/h3-4,7-12,18H,1-2,5-6,13-16H2,(H,23,25). The molecule has 8 heteroatoms. The number of carbonyl (C=O) groups is 1. The van der Waals surface area contributed by atoms with Crippen LogP contribution in [0.3, 0.4) is 0 Å². The van der Waals surface area contributed by atoms with E-state index in [9.17, 15) is 13.2 Å². The minimum absolute atomic E-state index is 0.193. The molecule has 0 spiro atoms. The van der Waals surface area contributed by atoms with Gasteiger partial charge in [-0.15, -0.1) is 11.8 Å². The highest BCUT2D eigenvalue weighted by molar-refractivity contribution is 8.00. The molecule has 4 rings (SSSR count). The van der Waals surface area contributed by atoms with Crippen molar-refractivity contribution in [1.29, 1.82) is 0 Å². The van der Waals surface area contributed by atoms with Crippen LogP contribution in [0.4, 0.5) is 5.69 Å². The first-order chi connectivity index (χ1) is 14.5. The van der Waals surface area contributed by atoms with Gasteiger partial charge in [-0.25, -0.2) is 8.42 Å². The first-order valence-corrected chi connectivity index (χ1v) is 12.6. The smallest absolute Gasteiger partial charge is 0.255 e. The van der Waals surface area contributed by atoms with E-state index >= 15 is 0 Å². The Hall–Kier alpha value is -1.87. The zero-order chi connectivity index (χ0) is 21.0. The van der Waals surface area contributed by atoms with Crippen LogP contribution in [-0.4, -0.2) is 50.2 Å². The Bertz CT molecular complexity index is 980. The van der Waals surface area contributed by atoms with Crippen molar-refractivity contribution in [3.8, 4) is 0 Å². The van der Waals surface area contributed by atoms with Gasteiger partial charge in [-0.2, -0.15) is 4.31 Å². The van der Waals surface area contributed by atoms with E-state index in [1.807, 2.05) is 36.0 Å². The molecule has 1 N–H and O–H groups in total. The number of ether oxygens (including phenoxy) is 1. The molecule has 2 aromatic carbocycles. The molecule has 2 fully saturated rings. The zero-order valence-corrected chi connectivity index (χ0v) is 18.4. The number of rotatable bonds is 6. The summed E-state index contributed by atoms with van der Waals surface area (Å²) < 4.78 is 32.1. The lowest BCUT2D eigenvalue weighted by Gasteiger charge is -2.26. The van der Waals surface area contributed by atoms with Crippen molar-refractivity contribution in [2.24, 2.45) is 0 Å². The van der Waals surface area contributed by atoms with Crippen LogP contribution in [0.15, 0.2) is 58.3 Å². The third-order valence-electron chi connectivity index (χ3n) is 5.46. The largest absolute Gasteiger partial charge is 0.379 e. The lowest BCUT2D eigenvalue weighted by Crippen LogP contribution is -2.40. The zero-order valence-electron chi connectivity index (χ0n) is 16.7. The summed E-state index contributed by atoms with van der Waals surface area (Å²) in [6.45, 7) is 1.50. The predicted molar refractivity (Wildman–Crippen MR) is 119 cm³/mol. The van der Waals surface area contributed by atoms with E-state index in [1.165, 1.54) is 42.1 Å². The van der Waals surface area contributed by atoms with Gasteiger partial charge in [-0.3, -0.25) is 4.79 Å². The number of morpholine rings is 1. The number of sulfonamides is 1. The van der Waals surface area contributed by atoms with Gasteiger partial charge < -0.3 is 10.1 Å². The SMILES string of the molecule is O=C(Nc1ccccc1SC1CCCC1)c1ccc(S(=O)(=O)N2CCOCC2)cc1. The van der Waals surface area contributed by atoms with Crippen molar-refractivity contribution in [3.05, 3.63) is 54.1 Å². The second-order valence-corrected chi connectivity index (χ2v) is 10.8. The third kappa shape index (κ3) is 4.88. The van der Waals surface area contributed by atoms with E-state index in [0.29, 0.717) is 37.1 Å². The maximum atomic E-state index is 12.8. The van der Waals surface area contributed by atoms with Gasteiger partial charge in [0.25, 0.3) is 5.91 Å². The van der Waals surface area contributed by atoms with E-state index < -0.39 is 10.0 Å². The Morgan fingerprint density at radius 1 is 1.00 bits per heavy atom. The van der Waals surface area contributed by atoms with E-state index in [2.05, 4.69) is 5.32 Å². The molecule has 0 atom stereocenters. The predicted octanol–water partition coefficient (Wildman–Crippen LogP) is 3.99. The van der Waals surface area contributed by atoms with Gasteiger partial charge >= 0.3 is 0 Å². The molecule has 1 heterocycles. The molecule has 1 aliphatic heterocycles. The Kier molecular flexibility index (Phi) is 6.77. The molecular weight excluding hydrogens is 420 g/mol. The lowest BCUT2D eigenvalue weighted by atomic mass is 10.2. The van der Waals surface area contributed by atoms with Gasteiger partial charge in [-0.1, -0.05) is 25.0 Å². The van der Waals surface area contributed by atoms with Crippen molar-refractivity contribution < 1.29 is 17.9 Å². The molecule has 0 aromatic heterocycles. The van der Waals surface area contributed by atoms with E-state index in [0.717, 1.165) is 10.6 Å². The Labute approximate surface area is 182 Å². The molecule has 0 unspecified atom stereocenters. The van der Waals surface area contributed by atoms with Crippen LogP contribution in [0.1, 0.15) is 36.0 Å². The number of para-hydroxylation sites is 1. The number of benzene rings is 2. The molecule has 160 valence electrons. The summed E-state index contributed by atoms with van der Waals surface area (Å²) in [4.78, 5) is 14.0. The average molecular weight is 447 g/mol. The number of nitrogens with zero attached hydrogens (tertiary/aromatic N) is 1. The Balaban J connectivity index is 1.46. The van der Waals surface area contributed by atoms with Crippen LogP contribution < -0.4 is 5.32 Å². The molecule has 1 aliphatic carbocycles. The molecule has 1 amide bonds. The van der Waals surface area contributed by atoms with Gasteiger partial charge in [-0.05, 0) is 49.2 Å². The van der Waals surface area contributed by atoms with Crippen molar-refractivity contribution in [2.75, 3.05) is 31.6 Å². The number of carbonyl (C=O) groups excluding carboxylic acids is 1. The molecule has 0 radical (unpaired) electrons. The molecule has 1 saturated heterocycles. The highest BCUT2D eigenvalue weighted by atomic mass is 32.2. The molecule has 2 aliphatic rings. The van der Waals surface area contributed by atoms with Crippen LogP contribution in [-0.2, 0) is 14.8 Å². The number of amides is 1. The van der Waals surface area contributed by atoms with Crippen molar-refractivity contribution >= 4 is 33.4 Å². The van der Waals surface area contributed by atoms with Gasteiger partial charge in [0.15, 0.2) is 0 Å². The normalized spacial score (nSPS) is 18.4. The summed E-state index contributed by atoms with van der Waals surface area (Å²) in [7, 11) is -3.57. The number of thioether (sulfide) groups is 1. The average Bonchev–Trinajstić information content (AvgIpc) is 3.29. The minimum atomic E-state index is -3.57. The first-order valence-electron chi connectivity index (χ1n) is 10.3. The molecule has 1 saturated carbocycles. The van der Waals surface area contributed by atoms with E-state index in [4.69, 9.17) is 4.74 Å². The van der Waals surface area contributed by atoms with E-state index in [-0.39, 0.29) is 10.8 Å². The monoisotopic (exact) mass is 446 g/mol. The molecular formula is C22H26N2O4S2. The lowest BCUT2D eigenvalue weighted by molar-refractivity contribution is 0.0730. The quantitative estimate of drug-likeness (QED) is 0.726. The maximum Gasteiger partial charge on any atom is 0.255 e. The van der Waals surface area contributed by atoms with Gasteiger partial charge in [0.05, 0.1) is 23.8 Å². The molecule has 0 bridgehead atoms. The third-order valence-corrected chi connectivity index (χ3v) is 8.78. The van der Waals surface area contributed by atoms with Crippen LogP contribution >= 0.6 is 11.8 Å². The fourth-order valence-electron chi connectivity index (χ4n) is 3.77. The van der Waals surface area contributed by atoms with Crippen LogP contribution in [0.5, 0.6) is 0 Å². The molecule has 30 heavy (non-hydrogen) atoms. The van der Waals surface area contributed by atoms with Crippen molar-refractivity contribution in [3.63, 3.8) is 0 Å². The topological polar surface area (TPSA) is 75.7 Å². The highest BCUT2D eigenvalue weighted by Gasteiger charge is 2.26. The number of nitrogens with one attached hydrogen (secondary N) is 1. The summed E-state index contributed by atoms with van der Waals surface area (Å²) in [6.07, 6.45) is 4.97. The highest BCUT2D eigenvalue weighted by Crippen LogP contribution is 2.38. The second-order valence-electron chi connectivity index (χ2n) is 7.52. The number of hydrogen-bond acceptors (Lipinski definition) is 5. The summed E-state index contributed by atoms with van der Waals surface area (Å²) in [5, 5.41) is 3.59. The van der Waals surface area contributed by atoms with Crippen LogP contribution in [0.2, 0.25) is 0 Å². The van der Waals surface area contributed by atoms with Crippen LogP contribution in [0.25, 0.3) is 0 Å². The number of hydrogen-bond donors (Lipinski definition) is 1. The summed E-state index contributed by atoms with van der Waals surface area (Å²) >= 11 is 1.83. The second kappa shape index (κ2) is 9.51. The summed E-state index contributed by atoms with van der Waals surface area (Å²) in [6, 6.07) is 14.0. The minimum Gasteiger partial charge on any atom is -0.379 e. The number of anilines is 1. The fourth-order valence-corrected chi connectivity index (χ4v) is 6.51. The molecule has 6 nitrogen and oxygen atoms in total. The van der Waals surface area contributed by atoms with Gasteiger partial charge in [0, 0.05) is 28.8 Å². The van der Waals surface area contributed by atoms with Crippen molar-refractivity contribution in [1.82, 2.24) is 4.31 Å². The van der Waals surface area contributed by atoms with Gasteiger partial charge in [0.2, 0.25) is 10.0 Å². The Morgan fingerprint density at radius 3 is 2.37 bits per heavy atom. The molecule has 2 aromatic rings. The summed E-state index contributed by atoms with van der Waals surface area (Å²) in [5.41, 5.74) is 1.22. The summed E-state index contributed by atoms with van der Waals surface area (Å²) in [5.74, 6) is -0.246. The van der Waals surface area contributed by atoms with E-state index in [1.54, 1.807) is 12.1 Å². The van der Waals surface area contributed by atoms with Crippen molar-refractivity contribution in [2.45, 2.75) is 40.7 Å². The maximum absolute atomic E-state index is 12.8. The van der Waals surface area contributed by atoms with Crippen LogP contribution in [0, 0.1) is 0 Å². The first kappa shape index (κ1) is 21.4.